The van der Waals surface area contributed by atoms with Crippen LogP contribution in [0.25, 0.3) is 34.3 Å². The fraction of sp³-hybridized carbons (Fsp3) is 0.292. The first kappa shape index (κ1) is 18.8. The van der Waals surface area contributed by atoms with Crippen molar-refractivity contribution in [1.29, 1.82) is 0 Å². The average molecular weight is 400 g/mol. The predicted octanol–water partition coefficient (Wildman–Crippen LogP) is 5.22. The second-order valence-corrected chi connectivity index (χ2v) is 7.70. The molecule has 0 amide bonds. The van der Waals surface area contributed by atoms with Crippen molar-refractivity contribution in [3.63, 3.8) is 0 Å². The zero-order valence-corrected chi connectivity index (χ0v) is 17.0. The summed E-state index contributed by atoms with van der Waals surface area (Å²) >= 11 is 0. The summed E-state index contributed by atoms with van der Waals surface area (Å²) in [7, 11) is 0. The molecule has 0 aliphatic carbocycles. The minimum Gasteiger partial charge on any atom is -0.350 e. The van der Waals surface area contributed by atoms with Crippen LogP contribution in [0.2, 0.25) is 0 Å². The molecule has 2 aromatic heterocycles. The van der Waals surface area contributed by atoms with Crippen LogP contribution in [-0.2, 0) is 13.0 Å². The number of benzene rings is 2. The maximum absolute atomic E-state index is 5.67. The van der Waals surface area contributed by atoms with Gasteiger partial charge < -0.3 is 9.05 Å². The van der Waals surface area contributed by atoms with Gasteiger partial charge in [-0.05, 0) is 31.5 Å². The first-order valence-electron chi connectivity index (χ1n) is 10.5. The highest BCUT2D eigenvalue weighted by atomic mass is 16.5. The molecular weight excluding hydrogens is 376 g/mol. The molecule has 3 heterocycles. The smallest absolute Gasteiger partial charge is 0.297 e. The highest BCUT2D eigenvalue weighted by Gasteiger charge is 2.23. The van der Waals surface area contributed by atoms with Crippen molar-refractivity contribution < 1.29 is 9.05 Å². The normalized spacial score (nSPS) is 14.0. The van der Waals surface area contributed by atoms with Crippen LogP contribution in [0.3, 0.4) is 0 Å². The molecule has 0 atom stereocenters. The third-order valence-corrected chi connectivity index (χ3v) is 5.52. The molecule has 0 spiro atoms. The van der Waals surface area contributed by atoms with E-state index in [2.05, 4.69) is 39.3 Å². The zero-order chi connectivity index (χ0) is 20.3. The van der Waals surface area contributed by atoms with Gasteiger partial charge in [0.25, 0.3) is 5.89 Å². The monoisotopic (exact) mass is 400 g/mol. The molecule has 1 saturated heterocycles. The molecule has 5 rings (SSSR count). The molecule has 0 saturated carbocycles. The van der Waals surface area contributed by atoms with E-state index in [1.807, 2.05) is 42.5 Å². The Kier molecular flexibility index (Phi) is 5.15. The van der Waals surface area contributed by atoms with Gasteiger partial charge >= 0.3 is 0 Å². The Bertz CT molecular complexity index is 1110. The molecule has 2 aromatic carbocycles. The lowest BCUT2D eigenvalue weighted by Crippen LogP contribution is -2.36. The molecule has 6 heteroatoms. The van der Waals surface area contributed by atoms with E-state index in [4.69, 9.17) is 9.05 Å². The Hall–Kier alpha value is -3.25. The molecule has 0 unspecified atom stereocenters. The van der Waals surface area contributed by atoms with Gasteiger partial charge in [0.15, 0.2) is 0 Å². The van der Waals surface area contributed by atoms with Crippen LogP contribution < -0.4 is 0 Å². The third-order valence-electron chi connectivity index (χ3n) is 5.52. The first-order valence-corrected chi connectivity index (χ1v) is 10.5. The summed E-state index contributed by atoms with van der Waals surface area (Å²) in [6, 6.07) is 18.4. The molecule has 1 fully saturated rings. The van der Waals surface area contributed by atoms with E-state index >= 15 is 0 Å². The van der Waals surface area contributed by atoms with Crippen molar-refractivity contribution in [2.24, 2.45) is 0 Å². The fourth-order valence-corrected chi connectivity index (χ4v) is 3.77. The molecule has 1 aliphatic rings. The van der Waals surface area contributed by atoms with Gasteiger partial charge in [-0.3, -0.25) is 4.90 Å². The van der Waals surface area contributed by atoms with Gasteiger partial charge in [-0.25, -0.2) is 0 Å². The van der Waals surface area contributed by atoms with Crippen molar-refractivity contribution in [2.75, 3.05) is 13.1 Å². The van der Waals surface area contributed by atoms with Crippen LogP contribution in [0.15, 0.2) is 63.6 Å². The number of aromatic nitrogens is 3. The summed E-state index contributed by atoms with van der Waals surface area (Å²) in [5.41, 5.74) is 5.09. The summed E-state index contributed by atoms with van der Waals surface area (Å²) in [5.74, 6) is 1.48. The minimum absolute atomic E-state index is 0.368. The number of nitrogens with zero attached hydrogens (tertiary/aromatic N) is 4. The van der Waals surface area contributed by atoms with Crippen molar-refractivity contribution in [3.8, 4) is 34.3 Å². The minimum atomic E-state index is 0.368. The SMILES string of the molecule is CCCc1c(-c2ccccc2)noc1-c1nc(-c2ccc(CN3CCC3)cc2)no1. The Morgan fingerprint density at radius 3 is 2.40 bits per heavy atom. The number of likely N-dealkylation sites (tertiary alicyclic amines) is 1. The molecule has 0 radical (unpaired) electrons. The van der Waals surface area contributed by atoms with E-state index in [1.54, 1.807) is 0 Å². The Morgan fingerprint density at radius 2 is 1.70 bits per heavy atom. The van der Waals surface area contributed by atoms with Crippen molar-refractivity contribution >= 4 is 0 Å². The van der Waals surface area contributed by atoms with Crippen LogP contribution in [0.5, 0.6) is 0 Å². The van der Waals surface area contributed by atoms with E-state index in [-0.39, 0.29) is 0 Å². The van der Waals surface area contributed by atoms with Gasteiger partial charge in [0.05, 0.1) is 0 Å². The second-order valence-electron chi connectivity index (χ2n) is 7.70. The van der Waals surface area contributed by atoms with Gasteiger partial charge in [0.2, 0.25) is 11.6 Å². The van der Waals surface area contributed by atoms with Gasteiger partial charge in [0.1, 0.15) is 5.69 Å². The standard InChI is InChI=1S/C24H24N4O2/c1-2-7-20-21(18-8-4-3-5-9-18)26-29-22(20)24-25-23(27-30-24)19-12-10-17(11-13-19)16-28-14-6-15-28/h3-5,8-13H,2,6-7,14-16H2,1H3. The Labute approximate surface area is 175 Å². The summed E-state index contributed by atoms with van der Waals surface area (Å²) in [5, 5.41) is 8.49. The van der Waals surface area contributed by atoms with Crippen LogP contribution >= 0.6 is 0 Å². The van der Waals surface area contributed by atoms with Gasteiger partial charge in [0, 0.05) is 23.2 Å². The molecule has 30 heavy (non-hydrogen) atoms. The van der Waals surface area contributed by atoms with Crippen molar-refractivity contribution in [2.45, 2.75) is 32.7 Å². The van der Waals surface area contributed by atoms with Gasteiger partial charge in [-0.15, -0.1) is 0 Å². The van der Waals surface area contributed by atoms with E-state index in [1.165, 1.54) is 25.1 Å². The molecule has 0 N–H and O–H groups in total. The molecule has 1 aliphatic heterocycles. The zero-order valence-electron chi connectivity index (χ0n) is 17.0. The molecule has 4 aromatic rings. The lowest BCUT2D eigenvalue weighted by molar-refractivity contribution is 0.172. The van der Waals surface area contributed by atoms with Crippen LogP contribution in [0.1, 0.15) is 30.9 Å². The third kappa shape index (κ3) is 3.66. The largest absolute Gasteiger partial charge is 0.350 e. The van der Waals surface area contributed by atoms with Crippen LogP contribution in [-0.4, -0.2) is 33.3 Å². The van der Waals surface area contributed by atoms with E-state index in [9.17, 15) is 0 Å². The van der Waals surface area contributed by atoms with Gasteiger partial charge in [-0.2, -0.15) is 4.98 Å². The second kappa shape index (κ2) is 8.24. The first-order chi connectivity index (χ1) is 14.8. The molecular formula is C24H24N4O2. The molecule has 152 valence electrons. The van der Waals surface area contributed by atoms with Crippen LogP contribution in [0, 0.1) is 0 Å². The maximum Gasteiger partial charge on any atom is 0.297 e. The summed E-state index contributed by atoms with van der Waals surface area (Å²) in [6.07, 6.45) is 3.09. The lowest BCUT2D eigenvalue weighted by Gasteiger charge is -2.30. The van der Waals surface area contributed by atoms with Crippen LogP contribution in [0.4, 0.5) is 0 Å². The van der Waals surface area contributed by atoms with E-state index in [0.717, 1.165) is 41.8 Å². The highest BCUT2D eigenvalue weighted by Crippen LogP contribution is 2.33. The predicted molar refractivity (Wildman–Crippen MR) is 115 cm³/mol. The summed E-state index contributed by atoms with van der Waals surface area (Å²) < 4.78 is 11.2. The molecule has 6 nitrogen and oxygen atoms in total. The Balaban J connectivity index is 1.42. The van der Waals surface area contributed by atoms with E-state index < -0.39 is 0 Å². The van der Waals surface area contributed by atoms with Crippen molar-refractivity contribution in [3.05, 3.63) is 65.7 Å². The summed E-state index contributed by atoms with van der Waals surface area (Å²) in [6.45, 7) is 5.52. The Morgan fingerprint density at radius 1 is 0.900 bits per heavy atom. The van der Waals surface area contributed by atoms with Gasteiger partial charge in [-0.1, -0.05) is 78.3 Å². The quantitative estimate of drug-likeness (QED) is 0.424. The number of rotatable bonds is 7. The maximum atomic E-state index is 5.67. The number of hydrogen-bond donors (Lipinski definition) is 0. The van der Waals surface area contributed by atoms with E-state index in [0.29, 0.717) is 17.5 Å². The highest BCUT2D eigenvalue weighted by molar-refractivity contribution is 5.70. The fourth-order valence-electron chi connectivity index (χ4n) is 3.77. The summed E-state index contributed by atoms with van der Waals surface area (Å²) in [4.78, 5) is 7.03. The number of hydrogen-bond acceptors (Lipinski definition) is 6. The topological polar surface area (TPSA) is 68.2 Å². The van der Waals surface area contributed by atoms with Crippen molar-refractivity contribution in [1.82, 2.24) is 20.2 Å². The average Bonchev–Trinajstić information content (AvgIpc) is 3.39. The molecule has 0 bridgehead atoms. The lowest BCUT2D eigenvalue weighted by atomic mass is 10.0.